The van der Waals surface area contributed by atoms with Gasteiger partial charge in [0.2, 0.25) is 0 Å². The smallest absolute Gasteiger partial charge is 0.410 e. The van der Waals surface area contributed by atoms with Gasteiger partial charge in [0.1, 0.15) is 22.7 Å². The molecule has 0 spiro atoms. The van der Waals surface area contributed by atoms with Crippen LogP contribution in [-0.4, -0.2) is 45.6 Å². The van der Waals surface area contributed by atoms with Gasteiger partial charge in [-0.3, -0.25) is 0 Å². The lowest BCUT2D eigenvalue weighted by Crippen LogP contribution is -2.43. The molecule has 1 aromatic carbocycles. The van der Waals surface area contributed by atoms with E-state index in [0.29, 0.717) is 41.9 Å². The average Bonchev–Trinajstić information content (AvgIpc) is 2.97. The molecule has 0 saturated carbocycles. The fourth-order valence-corrected chi connectivity index (χ4v) is 4.96. The second kappa shape index (κ2) is 12.2. The van der Waals surface area contributed by atoms with E-state index in [0.717, 1.165) is 18.4 Å². The Morgan fingerprint density at radius 2 is 1.88 bits per heavy atom. The molecule has 3 atom stereocenters. The topological polar surface area (TPSA) is 73.9 Å². The van der Waals surface area contributed by atoms with Gasteiger partial charge in [0.05, 0.1) is 16.1 Å². The second-order valence-corrected chi connectivity index (χ2v) is 13.4. The number of carbonyl (C=O) groups is 1. The van der Waals surface area contributed by atoms with Gasteiger partial charge in [-0.2, -0.15) is 0 Å². The zero-order chi connectivity index (χ0) is 25.7. The number of nitrogens with one attached hydrogen (secondary N) is 1. The van der Waals surface area contributed by atoms with Gasteiger partial charge in [-0.15, -0.1) is 4.72 Å². The molecule has 9 heteroatoms. The summed E-state index contributed by atoms with van der Waals surface area (Å²) in [4.78, 5) is 14.4. The fraction of sp³-hybridized carbons (Fsp3) is 0.640. The van der Waals surface area contributed by atoms with Crippen LogP contribution in [0.15, 0.2) is 24.8 Å². The molecule has 6 nitrogen and oxygen atoms in total. The lowest BCUT2D eigenvalue weighted by Gasteiger charge is -2.33. The third-order valence-corrected chi connectivity index (χ3v) is 7.73. The number of carbonyl (C=O) groups excluding carboxylic acids is 1. The maximum Gasteiger partial charge on any atom is 0.410 e. The maximum atomic E-state index is 13.2. The van der Waals surface area contributed by atoms with Crippen LogP contribution in [0.5, 0.6) is 5.75 Å². The number of hydrogen-bond acceptors (Lipinski definition) is 5. The summed E-state index contributed by atoms with van der Waals surface area (Å²) < 4.78 is 27.6. The standard InChI is InChI=1S/C25H38Cl2N2O4S/c1-8-14-32-21-16-20(27)19(26)15-18(21)22(28-34(31)25(5,6)7)17-10-9-12-29(13-11-17)23(30)33-24(2,3)4/h8,15-17,22,28H,1,9-14H2,2-7H3/t17?,22-,34?/m1/s1. The van der Waals surface area contributed by atoms with Gasteiger partial charge >= 0.3 is 6.09 Å². The van der Waals surface area contributed by atoms with Crippen molar-refractivity contribution in [3.8, 4) is 5.75 Å². The van der Waals surface area contributed by atoms with Crippen molar-refractivity contribution >= 4 is 40.7 Å². The van der Waals surface area contributed by atoms with Crippen LogP contribution in [0.1, 0.15) is 72.4 Å². The average molecular weight is 534 g/mol. The molecule has 1 amide bonds. The molecule has 1 heterocycles. The van der Waals surface area contributed by atoms with E-state index in [4.69, 9.17) is 32.7 Å². The third kappa shape index (κ3) is 8.52. The summed E-state index contributed by atoms with van der Waals surface area (Å²) in [5.74, 6) is 0.660. The molecule has 0 radical (unpaired) electrons. The zero-order valence-corrected chi connectivity index (χ0v) is 23.4. The van der Waals surface area contributed by atoms with Gasteiger partial charge in [0.15, 0.2) is 0 Å². The second-order valence-electron chi connectivity index (χ2n) is 10.5. The molecule has 1 saturated heterocycles. The van der Waals surface area contributed by atoms with Crippen LogP contribution in [0.4, 0.5) is 4.79 Å². The minimum absolute atomic E-state index is 0.0852. The van der Waals surface area contributed by atoms with Gasteiger partial charge in [-0.1, -0.05) is 35.9 Å². The van der Waals surface area contributed by atoms with E-state index in [-0.39, 0.29) is 18.1 Å². The van der Waals surface area contributed by atoms with Crippen molar-refractivity contribution < 1.29 is 18.8 Å². The van der Waals surface area contributed by atoms with Gasteiger partial charge < -0.3 is 18.9 Å². The predicted octanol–water partition coefficient (Wildman–Crippen LogP) is 6.69. The Kier molecular flexibility index (Phi) is 10.5. The van der Waals surface area contributed by atoms with Crippen LogP contribution < -0.4 is 9.46 Å². The molecule has 34 heavy (non-hydrogen) atoms. The highest BCUT2D eigenvalue weighted by atomic mass is 35.5. The summed E-state index contributed by atoms with van der Waals surface area (Å²) in [5, 5.41) is 0.789. The highest BCUT2D eigenvalue weighted by molar-refractivity contribution is 7.90. The fourth-order valence-electron chi connectivity index (χ4n) is 3.73. The van der Waals surface area contributed by atoms with Crippen molar-refractivity contribution in [1.29, 1.82) is 0 Å². The van der Waals surface area contributed by atoms with Crippen molar-refractivity contribution in [2.75, 3.05) is 19.7 Å². The maximum absolute atomic E-state index is 13.2. The minimum atomic E-state index is -1.34. The molecule has 0 aromatic heterocycles. The van der Waals surface area contributed by atoms with E-state index in [1.807, 2.05) is 41.5 Å². The Bertz CT molecular complexity index is 855. The quantitative estimate of drug-likeness (QED) is 0.312. The number of amides is 1. The molecule has 192 valence electrons. The van der Waals surface area contributed by atoms with Gasteiger partial charge in [-0.05, 0) is 72.8 Å². The first-order valence-electron chi connectivity index (χ1n) is 11.6. The first-order chi connectivity index (χ1) is 15.7. The summed E-state index contributed by atoms with van der Waals surface area (Å²) in [6.45, 7) is 16.6. The molecule has 0 bridgehead atoms. The van der Waals surface area contributed by atoms with E-state index < -0.39 is 21.7 Å². The Morgan fingerprint density at radius 3 is 2.47 bits per heavy atom. The van der Waals surface area contributed by atoms with Crippen LogP contribution in [0, 0.1) is 5.92 Å². The summed E-state index contributed by atoms with van der Waals surface area (Å²) >= 11 is 11.4. The highest BCUT2D eigenvalue weighted by Gasteiger charge is 2.37. The SMILES string of the molecule is C=CCOc1cc(Cl)c(Cl)cc1[C@H](N[S+]([O-])C(C)(C)C)C1CCCN(C(=O)OC(C)(C)C)CC1. The van der Waals surface area contributed by atoms with Crippen LogP contribution in [0.3, 0.4) is 0 Å². The Labute approximate surface area is 217 Å². The van der Waals surface area contributed by atoms with E-state index in [2.05, 4.69) is 11.3 Å². The van der Waals surface area contributed by atoms with E-state index in [1.54, 1.807) is 23.1 Å². The van der Waals surface area contributed by atoms with Crippen molar-refractivity contribution in [3.05, 3.63) is 40.4 Å². The Hall–Kier alpha value is -1.12. The number of hydrogen-bond donors (Lipinski definition) is 1. The number of likely N-dealkylation sites (tertiary alicyclic amines) is 1. The van der Waals surface area contributed by atoms with Crippen molar-refractivity contribution in [2.45, 2.75) is 77.2 Å². The van der Waals surface area contributed by atoms with Crippen LogP contribution >= 0.6 is 23.2 Å². The van der Waals surface area contributed by atoms with Crippen molar-refractivity contribution in [3.63, 3.8) is 0 Å². The molecule has 1 aliphatic heterocycles. The largest absolute Gasteiger partial charge is 0.598 e. The molecule has 0 aliphatic carbocycles. The van der Waals surface area contributed by atoms with E-state index in [9.17, 15) is 9.35 Å². The number of benzene rings is 1. The molecular formula is C25H38Cl2N2O4S. The number of ether oxygens (including phenoxy) is 2. The van der Waals surface area contributed by atoms with Gasteiger partial charge in [0, 0.05) is 36.1 Å². The minimum Gasteiger partial charge on any atom is -0.598 e. The molecular weight excluding hydrogens is 495 g/mol. The van der Waals surface area contributed by atoms with Crippen LogP contribution in [0.25, 0.3) is 0 Å². The lowest BCUT2D eigenvalue weighted by atomic mass is 9.87. The predicted molar refractivity (Wildman–Crippen MR) is 141 cm³/mol. The van der Waals surface area contributed by atoms with Crippen molar-refractivity contribution in [2.24, 2.45) is 5.92 Å². The Balaban J connectivity index is 2.38. The zero-order valence-electron chi connectivity index (χ0n) is 21.1. The normalized spacial score (nSPS) is 19.2. The third-order valence-electron chi connectivity index (χ3n) is 5.43. The first-order valence-corrected chi connectivity index (χ1v) is 13.5. The van der Waals surface area contributed by atoms with Gasteiger partial charge in [-0.25, -0.2) is 4.79 Å². The summed E-state index contributed by atoms with van der Waals surface area (Å²) in [6.07, 6.45) is 3.69. The van der Waals surface area contributed by atoms with Gasteiger partial charge in [0.25, 0.3) is 0 Å². The van der Waals surface area contributed by atoms with Crippen molar-refractivity contribution in [1.82, 2.24) is 9.62 Å². The molecule has 1 N–H and O–H groups in total. The van der Waals surface area contributed by atoms with Crippen LogP contribution in [0.2, 0.25) is 10.0 Å². The molecule has 1 aromatic rings. The molecule has 2 rings (SSSR count). The number of nitrogens with zero attached hydrogens (tertiary/aromatic N) is 1. The van der Waals surface area contributed by atoms with E-state index in [1.165, 1.54) is 0 Å². The molecule has 1 aliphatic rings. The summed E-state index contributed by atoms with van der Waals surface area (Å²) in [6, 6.07) is 3.17. The molecule has 2 unspecified atom stereocenters. The van der Waals surface area contributed by atoms with E-state index >= 15 is 0 Å². The first kappa shape index (κ1) is 29.1. The van der Waals surface area contributed by atoms with Crippen LogP contribution in [-0.2, 0) is 16.1 Å². The lowest BCUT2D eigenvalue weighted by molar-refractivity contribution is 0.0254. The number of halogens is 2. The summed E-state index contributed by atoms with van der Waals surface area (Å²) in [7, 11) is 0. The highest BCUT2D eigenvalue weighted by Crippen LogP contribution is 2.41. The monoisotopic (exact) mass is 532 g/mol. The molecule has 1 fully saturated rings. The Morgan fingerprint density at radius 1 is 1.24 bits per heavy atom. The number of rotatable bonds is 7. The summed E-state index contributed by atoms with van der Waals surface area (Å²) in [5.41, 5.74) is 0.248.